The highest BCUT2D eigenvalue weighted by atomic mass is 16.3. The van der Waals surface area contributed by atoms with E-state index in [2.05, 4.69) is 41.5 Å². The molecule has 1 aliphatic rings. The highest BCUT2D eigenvalue weighted by Gasteiger charge is 2.20. The molecule has 18 heavy (non-hydrogen) atoms. The van der Waals surface area contributed by atoms with Gasteiger partial charge in [0.1, 0.15) is 0 Å². The number of likely N-dealkylation sites (tertiary alicyclic amines) is 1. The molecule has 0 amide bonds. The fourth-order valence-corrected chi connectivity index (χ4v) is 2.71. The third-order valence-electron chi connectivity index (χ3n) is 3.64. The molecule has 0 aliphatic carbocycles. The van der Waals surface area contributed by atoms with Crippen LogP contribution in [0.4, 0.5) is 0 Å². The number of aliphatic hydroxyl groups is 1. The third-order valence-corrected chi connectivity index (χ3v) is 3.64. The lowest BCUT2D eigenvalue weighted by Gasteiger charge is -2.33. The van der Waals surface area contributed by atoms with Gasteiger partial charge in [-0.25, -0.2) is 0 Å². The molecule has 0 bridgehead atoms. The van der Waals surface area contributed by atoms with E-state index in [0.717, 1.165) is 13.0 Å². The Hall–Kier alpha value is -0.900. The van der Waals surface area contributed by atoms with Crippen LogP contribution in [0.3, 0.4) is 0 Å². The van der Waals surface area contributed by atoms with Crippen molar-refractivity contribution in [1.82, 2.24) is 10.2 Å². The fourth-order valence-electron chi connectivity index (χ4n) is 2.71. The molecule has 2 rings (SSSR count). The number of hydrogen-bond acceptors (Lipinski definition) is 3. The zero-order valence-corrected chi connectivity index (χ0v) is 11.2. The minimum Gasteiger partial charge on any atom is -0.395 e. The smallest absolute Gasteiger partial charge is 0.0587 e. The molecule has 0 aromatic heterocycles. The lowest BCUT2D eigenvalue weighted by atomic mass is 10.0. The van der Waals surface area contributed by atoms with Crippen LogP contribution in [0.5, 0.6) is 0 Å². The Kier molecular flexibility index (Phi) is 5.17. The van der Waals surface area contributed by atoms with E-state index in [-0.39, 0.29) is 12.6 Å². The van der Waals surface area contributed by atoms with Crippen LogP contribution < -0.4 is 5.32 Å². The average Bonchev–Trinajstić information content (AvgIpc) is 2.39. The second-order valence-corrected chi connectivity index (χ2v) is 5.34. The van der Waals surface area contributed by atoms with Crippen molar-refractivity contribution in [2.45, 2.75) is 31.3 Å². The maximum atomic E-state index is 9.51. The Bertz CT molecular complexity index is 342. The Balaban J connectivity index is 1.85. The van der Waals surface area contributed by atoms with Crippen LogP contribution in [-0.2, 0) is 6.42 Å². The minimum absolute atomic E-state index is 0.170. The van der Waals surface area contributed by atoms with E-state index in [4.69, 9.17) is 0 Å². The first-order valence-electron chi connectivity index (χ1n) is 6.87. The number of rotatable bonds is 5. The zero-order chi connectivity index (χ0) is 12.8. The molecular formula is C15H24N2O. The van der Waals surface area contributed by atoms with Crippen molar-refractivity contribution in [2.75, 3.05) is 26.7 Å². The van der Waals surface area contributed by atoms with Crippen LogP contribution >= 0.6 is 0 Å². The van der Waals surface area contributed by atoms with Gasteiger partial charge in [0.15, 0.2) is 0 Å². The molecule has 2 atom stereocenters. The largest absolute Gasteiger partial charge is 0.395 e. The van der Waals surface area contributed by atoms with Gasteiger partial charge >= 0.3 is 0 Å². The van der Waals surface area contributed by atoms with Gasteiger partial charge in [-0.3, -0.25) is 0 Å². The summed E-state index contributed by atoms with van der Waals surface area (Å²) in [6, 6.07) is 11.1. The van der Waals surface area contributed by atoms with E-state index < -0.39 is 0 Å². The summed E-state index contributed by atoms with van der Waals surface area (Å²) in [7, 11) is 2.17. The van der Waals surface area contributed by atoms with Gasteiger partial charge in [0.05, 0.1) is 6.61 Å². The monoisotopic (exact) mass is 248 g/mol. The first-order chi connectivity index (χ1) is 8.78. The van der Waals surface area contributed by atoms with Crippen molar-refractivity contribution < 1.29 is 5.11 Å². The van der Waals surface area contributed by atoms with Crippen molar-refractivity contribution in [1.29, 1.82) is 0 Å². The summed E-state index contributed by atoms with van der Waals surface area (Å²) in [5.74, 6) is 0. The number of nitrogens with zero attached hydrogens (tertiary/aromatic N) is 1. The Morgan fingerprint density at radius 2 is 2.17 bits per heavy atom. The molecule has 1 aromatic carbocycles. The zero-order valence-electron chi connectivity index (χ0n) is 11.2. The van der Waals surface area contributed by atoms with Crippen LogP contribution in [0.25, 0.3) is 0 Å². The standard InChI is InChI=1S/C15H24N2O/c1-17-9-5-8-14(11-17)16-15(12-18)10-13-6-3-2-4-7-13/h2-4,6-7,14-16,18H,5,8-12H2,1H3/t14?,15-/m1/s1. The summed E-state index contributed by atoms with van der Waals surface area (Å²) in [4.78, 5) is 2.36. The van der Waals surface area contributed by atoms with E-state index in [1.54, 1.807) is 0 Å². The number of hydrogen-bond donors (Lipinski definition) is 2. The summed E-state index contributed by atoms with van der Waals surface area (Å²) >= 11 is 0. The maximum absolute atomic E-state index is 9.51. The van der Waals surface area contributed by atoms with Crippen LogP contribution in [0, 0.1) is 0 Å². The molecule has 100 valence electrons. The molecule has 3 heteroatoms. The highest BCUT2D eigenvalue weighted by molar-refractivity contribution is 5.16. The molecule has 3 nitrogen and oxygen atoms in total. The van der Waals surface area contributed by atoms with E-state index in [0.29, 0.717) is 6.04 Å². The Labute approximate surface area is 110 Å². The third kappa shape index (κ3) is 4.09. The van der Waals surface area contributed by atoms with Gasteiger partial charge in [0.25, 0.3) is 0 Å². The molecule has 1 aromatic rings. The van der Waals surface area contributed by atoms with E-state index in [1.807, 2.05) is 6.07 Å². The lowest BCUT2D eigenvalue weighted by Crippen LogP contribution is -2.49. The molecule has 1 heterocycles. The summed E-state index contributed by atoms with van der Waals surface area (Å²) in [6.45, 7) is 2.49. The SMILES string of the molecule is CN1CCCC(N[C@@H](CO)Cc2ccccc2)C1. The van der Waals surface area contributed by atoms with Crippen molar-refractivity contribution >= 4 is 0 Å². The molecule has 1 aliphatic heterocycles. The molecule has 1 fully saturated rings. The van der Waals surface area contributed by atoms with Crippen molar-refractivity contribution in [3.05, 3.63) is 35.9 Å². The number of benzene rings is 1. The molecule has 0 spiro atoms. The van der Waals surface area contributed by atoms with E-state index in [9.17, 15) is 5.11 Å². The molecule has 1 unspecified atom stereocenters. The summed E-state index contributed by atoms with van der Waals surface area (Å²) in [6.07, 6.45) is 3.37. The van der Waals surface area contributed by atoms with Gasteiger partial charge in [-0.05, 0) is 38.4 Å². The first kappa shape index (κ1) is 13.5. The van der Waals surface area contributed by atoms with Crippen LogP contribution in [0.1, 0.15) is 18.4 Å². The van der Waals surface area contributed by atoms with E-state index >= 15 is 0 Å². The fraction of sp³-hybridized carbons (Fsp3) is 0.600. The van der Waals surface area contributed by atoms with Gasteiger partial charge in [-0.15, -0.1) is 0 Å². The lowest BCUT2D eigenvalue weighted by molar-refractivity contribution is 0.183. The average molecular weight is 248 g/mol. The van der Waals surface area contributed by atoms with Crippen LogP contribution in [0.15, 0.2) is 30.3 Å². The van der Waals surface area contributed by atoms with Gasteiger partial charge in [0, 0.05) is 18.6 Å². The normalized spacial score (nSPS) is 22.9. The quantitative estimate of drug-likeness (QED) is 0.824. The topological polar surface area (TPSA) is 35.5 Å². The van der Waals surface area contributed by atoms with E-state index in [1.165, 1.54) is 24.9 Å². The summed E-state index contributed by atoms with van der Waals surface area (Å²) in [5, 5.41) is 13.1. The first-order valence-corrected chi connectivity index (χ1v) is 6.87. The van der Waals surface area contributed by atoms with Crippen LogP contribution in [-0.4, -0.2) is 48.8 Å². The van der Waals surface area contributed by atoms with Gasteiger partial charge in [-0.2, -0.15) is 0 Å². The van der Waals surface area contributed by atoms with Gasteiger partial charge in [-0.1, -0.05) is 30.3 Å². The molecular weight excluding hydrogens is 224 g/mol. The molecule has 1 saturated heterocycles. The number of likely N-dealkylation sites (N-methyl/N-ethyl adjacent to an activating group) is 1. The highest BCUT2D eigenvalue weighted by Crippen LogP contribution is 2.10. The second kappa shape index (κ2) is 6.88. The number of nitrogens with one attached hydrogen (secondary N) is 1. The molecule has 0 saturated carbocycles. The number of piperidine rings is 1. The van der Waals surface area contributed by atoms with Crippen molar-refractivity contribution in [3.63, 3.8) is 0 Å². The van der Waals surface area contributed by atoms with Gasteiger partial charge in [0.2, 0.25) is 0 Å². The molecule has 0 radical (unpaired) electrons. The predicted molar refractivity (Wildman–Crippen MR) is 74.7 cm³/mol. The van der Waals surface area contributed by atoms with Crippen molar-refractivity contribution in [3.8, 4) is 0 Å². The Morgan fingerprint density at radius 3 is 2.83 bits per heavy atom. The summed E-state index contributed by atoms with van der Waals surface area (Å²) in [5.41, 5.74) is 1.29. The maximum Gasteiger partial charge on any atom is 0.0587 e. The second-order valence-electron chi connectivity index (χ2n) is 5.34. The molecule has 2 N–H and O–H groups in total. The van der Waals surface area contributed by atoms with Crippen LogP contribution in [0.2, 0.25) is 0 Å². The van der Waals surface area contributed by atoms with Gasteiger partial charge < -0.3 is 15.3 Å². The Morgan fingerprint density at radius 1 is 1.39 bits per heavy atom. The number of aliphatic hydroxyl groups excluding tert-OH is 1. The minimum atomic E-state index is 0.170. The summed E-state index contributed by atoms with van der Waals surface area (Å²) < 4.78 is 0. The predicted octanol–water partition coefficient (Wildman–Crippen LogP) is 1.27. The van der Waals surface area contributed by atoms with Crippen molar-refractivity contribution in [2.24, 2.45) is 0 Å².